The molecule has 0 unspecified atom stereocenters. The largest absolute Gasteiger partial charge is 0.383 e. The lowest BCUT2D eigenvalue weighted by molar-refractivity contribution is 0.628. The molecule has 0 saturated carbocycles. The standard InChI is InChI=1S/C14H14FN5/c1-19-7-6-17-14(19)12-11(13(16)20(2)18-12)9-4-3-5-10(15)8-9/h3-8H,16H2,1-2H3. The van der Waals surface area contributed by atoms with Crippen LogP contribution >= 0.6 is 0 Å². The van der Waals surface area contributed by atoms with Crippen LogP contribution in [0, 0.1) is 5.82 Å². The van der Waals surface area contributed by atoms with Gasteiger partial charge in [-0.3, -0.25) is 4.68 Å². The topological polar surface area (TPSA) is 61.7 Å². The molecule has 0 radical (unpaired) electrons. The Morgan fingerprint density at radius 2 is 2.05 bits per heavy atom. The molecular weight excluding hydrogens is 257 g/mol. The van der Waals surface area contributed by atoms with Gasteiger partial charge < -0.3 is 10.3 Å². The molecule has 0 aliphatic rings. The van der Waals surface area contributed by atoms with Gasteiger partial charge in [-0.25, -0.2) is 9.37 Å². The molecule has 0 atom stereocenters. The van der Waals surface area contributed by atoms with E-state index < -0.39 is 0 Å². The van der Waals surface area contributed by atoms with Gasteiger partial charge in [0.1, 0.15) is 17.3 Å². The van der Waals surface area contributed by atoms with Crippen LogP contribution in [0.4, 0.5) is 10.2 Å². The molecule has 5 nitrogen and oxygen atoms in total. The molecular formula is C14H14FN5. The van der Waals surface area contributed by atoms with Gasteiger partial charge in [-0.2, -0.15) is 5.10 Å². The van der Waals surface area contributed by atoms with Gasteiger partial charge >= 0.3 is 0 Å². The van der Waals surface area contributed by atoms with Gasteiger partial charge in [-0.05, 0) is 17.7 Å². The fourth-order valence-corrected chi connectivity index (χ4v) is 2.22. The van der Waals surface area contributed by atoms with E-state index in [0.29, 0.717) is 28.5 Å². The molecule has 0 saturated heterocycles. The van der Waals surface area contributed by atoms with Crippen LogP contribution in [-0.2, 0) is 14.1 Å². The minimum Gasteiger partial charge on any atom is -0.383 e. The number of nitrogen functional groups attached to an aromatic ring is 1. The molecule has 0 spiro atoms. The van der Waals surface area contributed by atoms with Crippen molar-refractivity contribution < 1.29 is 4.39 Å². The minimum atomic E-state index is -0.309. The molecule has 1 aromatic carbocycles. The number of rotatable bonds is 2. The third-order valence-corrected chi connectivity index (χ3v) is 3.24. The van der Waals surface area contributed by atoms with Gasteiger partial charge in [0.05, 0.1) is 5.56 Å². The Bertz CT molecular complexity index is 772. The van der Waals surface area contributed by atoms with Crippen molar-refractivity contribution in [3.63, 3.8) is 0 Å². The zero-order valence-corrected chi connectivity index (χ0v) is 11.2. The molecule has 2 aromatic heterocycles. The van der Waals surface area contributed by atoms with Gasteiger partial charge in [0.2, 0.25) is 0 Å². The summed E-state index contributed by atoms with van der Waals surface area (Å²) in [5, 5.41) is 4.41. The molecule has 3 aromatic rings. The first-order valence-corrected chi connectivity index (χ1v) is 6.14. The van der Waals surface area contributed by atoms with Crippen molar-refractivity contribution in [2.24, 2.45) is 14.1 Å². The van der Waals surface area contributed by atoms with E-state index >= 15 is 0 Å². The van der Waals surface area contributed by atoms with Gasteiger partial charge in [0.15, 0.2) is 5.82 Å². The fourth-order valence-electron chi connectivity index (χ4n) is 2.22. The molecule has 102 valence electrons. The van der Waals surface area contributed by atoms with E-state index in [2.05, 4.69) is 10.1 Å². The summed E-state index contributed by atoms with van der Waals surface area (Å²) in [6, 6.07) is 6.30. The van der Waals surface area contributed by atoms with Crippen LogP contribution in [0.3, 0.4) is 0 Å². The summed E-state index contributed by atoms with van der Waals surface area (Å²) in [5.41, 5.74) is 8.11. The Labute approximate surface area is 115 Å². The van der Waals surface area contributed by atoms with Crippen LogP contribution in [0.1, 0.15) is 0 Å². The summed E-state index contributed by atoms with van der Waals surface area (Å²) in [6.07, 6.45) is 3.52. The third kappa shape index (κ3) is 1.85. The molecule has 0 bridgehead atoms. The first-order chi connectivity index (χ1) is 9.58. The second kappa shape index (κ2) is 4.48. The Morgan fingerprint density at radius 1 is 1.25 bits per heavy atom. The summed E-state index contributed by atoms with van der Waals surface area (Å²) in [4.78, 5) is 4.29. The van der Waals surface area contributed by atoms with Crippen LogP contribution in [0.2, 0.25) is 0 Å². The van der Waals surface area contributed by atoms with E-state index in [1.165, 1.54) is 12.1 Å². The number of hydrogen-bond donors (Lipinski definition) is 1. The van der Waals surface area contributed by atoms with Crippen molar-refractivity contribution in [1.82, 2.24) is 19.3 Å². The Balaban J connectivity index is 2.28. The van der Waals surface area contributed by atoms with Gasteiger partial charge in [-0.15, -0.1) is 0 Å². The molecule has 2 heterocycles. The number of hydrogen-bond acceptors (Lipinski definition) is 3. The van der Waals surface area contributed by atoms with Crippen LogP contribution in [-0.4, -0.2) is 19.3 Å². The van der Waals surface area contributed by atoms with Gasteiger partial charge in [0, 0.05) is 26.5 Å². The maximum atomic E-state index is 13.5. The summed E-state index contributed by atoms with van der Waals surface area (Å²) >= 11 is 0. The van der Waals surface area contributed by atoms with E-state index in [4.69, 9.17) is 5.73 Å². The van der Waals surface area contributed by atoms with Crippen molar-refractivity contribution >= 4 is 5.82 Å². The molecule has 0 aliphatic heterocycles. The number of benzene rings is 1. The number of aryl methyl sites for hydroxylation is 2. The lowest BCUT2D eigenvalue weighted by Crippen LogP contribution is -1.98. The number of anilines is 1. The highest BCUT2D eigenvalue weighted by molar-refractivity contribution is 5.86. The second-order valence-corrected chi connectivity index (χ2v) is 4.60. The Hall–Kier alpha value is -2.63. The Morgan fingerprint density at radius 3 is 2.70 bits per heavy atom. The normalized spacial score (nSPS) is 10.9. The van der Waals surface area contributed by atoms with Gasteiger partial charge in [0.25, 0.3) is 0 Å². The highest BCUT2D eigenvalue weighted by Gasteiger charge is 2.20. The number of aromatic nitrogens is 4. The van der Waals surface area contributed by atoms with Crippen molar-refractivity contribution in [3.05, 3.63) is 42.5 Å². The number of halogens is 1. The third-order valence-electron chi connectivity index (χ3n) is 3.24. The Kier molecular flexibility index (Phi) is 2.78. The maximum Gasteiger partial charge on any atom is 0.161 e. The molecule has 0 amide bonds. The van der Waals surface area contributed by atoms with E-state index in [-0.39, 0.29) is 5.82 Å². The van der Waals surface area contributed by atoms with Crippen LogP contribution in [0.15, 0.2) is 36.7 Å². The molecule has 3 rings (SSSR count). The molecule has 0 aliphatic carbocycles. The van der Waals surface area contributed by atoms with Crippen molar-refractivity contribution in [2.45, 2.75) is 0 Å². The monoisotopic (exact) mass is 271 g/mol. The summed E-state index contributed by atoms with van der Waals surface area (Å²) in [7, 11) is 3.63. The molecule has 2 N–H and O–H groups in total. The van der Waals surface area contributed by atoms with Crippen LogP contribution < -0.4 is 5.73 Å². The average Bonchev–Trinajstić information content (AvgIpc) is 2.94. The minimum absolute atomic E-state index is 0.309. The van der Waals surface area contributed by atoms with Crippen LogP contribution in [0.5, 0.6) is 0 Å². The van der Waals surface area contributed by atoms with E-state index in [1.807, 2.05) is 23.9 Å². The predicted molar refractivity (Wildman–Crippen MR) is 75.2 cm³/mol. The fraction of sp³-hybridized carbons (Fsp3) is 0.143. The van der Waals surface area contributed by atoms with E-state index in [0.717, 1.165) is 0 Å². The van der Waals surface area contributed by atoms with E-state index in [9.17, 15) is 4.39 Å². The molecule has 6 heteroatoms. The highest BCUT2D eigenvalue weighted by Crippen LogP contribution is 2.35. The van der Waals surface area contributed by atoms with E-state index in [1.54, 1.807) is 24.0 Å². The lowest BCUT2D eigenvalue weighted by atomic mass is 10.0. The van der Waals surface area contributed by atoms with Crippen LogP contribution in [0.25, 0.3) is 22.6 Å². The lowest BCUT2D eigenvalue weighted by Gasteiger charge is -2.04. The molecule has 20 heavy (non-hydrogen) atoms. The number of nitrogens with zero attached hydrogens (tertiary/aromatic N) is 4. The second-order valence-electron chi connectivity index (χ2n) is 4.60. The zero-order valence-electron chi connectivity index (χ0n) is 11.2. The summed E-state index contributed by atoms with van der Waals surface area (Å²) < 4.78 is 16.9. The SMILES string of the molecule is Cn1ccnc1-c1nn(C)c(N)c1-c1cccc(F)c1. The predicted octanol–water partition coefficient (Wildman–Crippen LogP) is 2.21. The maximum absolute atomic E-state index is 13.5. The first kappa shape index (κ1) is 12.4. The molecule has 0 fully saturated rings. The van der Waals surface area contributed by atoms with Crippen molar-refractivity contribution in [2.75, 3.05) is 5.73 Å². The van der Waals surface area contributed by atoms with Gasteiger partial charge in [-0.1, -0.05) is 12.1 Å². The highest BCUT2D eigenvalue weighted by atomic mass is 19.1. The van der Waals surface area contributed by atoms with Crippen molar-refractivity contribution in [1.29, 1.82) is 0 Å². The summed E-state index contributed by atoms with van der Waals surface area (Å²) in [5.74, 6) is 0.863. The number of imidazole rings is 1. The average molecular weight is 271 g/mol. The quantitative estimate of drug-likeness (QED) is 0.777. The smallest absolute Gasteiger partial charge is 0.161 e. The first-order valence-electron chi connectivity index (χ1n) is 6.14. The zero-order chi connectivity index (χ0) is 14.3. The number of nitrogens with two attached hydrogens (primary N) is 1. The van der Waals surface area contributed by atoms with Crippen molar-refractivity contribution in [3.8, 4) is 22.6 Å². The summed E-state index contributed by atoms with van der Waals surface area (Å²) in [6.45, 7) is 0.